The predicted molar refractivity (Wildman–Crippen MR) is 55.3 cm³/mol. The van der Waals surface area contributed by atoms with Crippen LogP contribution < -0.4 is 9.47 Å². The third kappa shape index (κ3) is 3.16. The molecule has 1 aromatic carbocycles. The van der Waals surface area contributed by atoms with Gasteiger partial charge in [0.2, 0.25) is 0 Å². The van der Waals surface area contributed by atoms with E-state index in [-0.39, 0.29) is 0 Å². The van der Waals surface area contributed by atoms with Crippen LogP contribution in [0.3, 0.4) is 0 Å². The molecule has 1 aromatic rings. The summed E-state index contributed by atoms with van der Waals surface area (Å²) in [6.07, 6.45) is 0.666. The molecular weight excluding hydrogens is 196 g/mol. The first-order valence-electron chi connectivity index (χ1n) is 4.58. The van der Waals surface area contributed by atoms with Crippen LogP contribution in [0.4, 0.5) is 0 Å². The van der Waals surface area contributed by atoms with E-state index in [1.165, 1.54) is 0 Å². The van der Waals surface area contributed by atoms with Crippen molar-refractivity contribution in [1.29, 1.82) is 0 Å². The SMILES string of the molecule is COc1ccc(CCOC=O)cc1OC. The highest BCUT2D eigenvalue weighted by atomic mass is 16.5. The number of hydrogen-bond acceptors (Lipinski definition) is 4. The van der Waals surface area contributed by atoms with E-state index in [4.69, 9.17) is 9.47 Å². The van der Waals surface area contributed by atoms with Crippen LogP contribution in [-0.2, 0) is 16.0 Å². The van der Waals surface area contributed by atoms with Gasteiger partial charge >= 0.3 is 0 Å². The van der Waals surface area contributed by atoms with Gasteiger partial charge in [0, 0.05) is 6.42 Å². The number of methoxy groups -OCH3 is 2. The van der Waals surface area contributed by atoms with Gasteiger partial charge in [0.15, 0.2) is 11.5 Å². The van der Waals surface area contributed by atoms with E-state index < -0.39 is 0 Å². The van der Waals surface area contributed by atoms with E-state index in [1.807, 2.05) is 18.2 Å². The zero-order valence-corrected chi connectivity index (χ0v) is 8.86. The summed E-state index contributed by atoms with van der Waals surface area (Å²) < 4.78 is 14.9. The minimum absolute atomic E-state index is 0.374. The van der Waals surface area contributed by atoms with Crippen LogP contribution in [0.1, 0.15) is 5.56 Å². The number of ether oxygens (including phenoxy) is 3. The fourth-order valence-electron chi connectivity index (χ4n) is 1.26. The van der Waals surface area contributed by atoms with Gasteiger partial charge in [0.1, 0.15) is 0 Å². The standard InChI is InChI=1S/C11H14O4/c1-13-10-4-3-9(5-6-15-8-12)7-11(10)14-2/h3-4,7-8H,5-6H2,1-2H3. The van der Waals surface area contributed by atoms with Gasteiger partial charge in [-0.05, 0) is 17.7 Å². The Hall–Kier alpha value is -1.71. The van der Waals surface area contributed by atoms with E-state index >= 15 is 0 Å². The van der Waals surface area contributed by atoms with Gasteiger partial charge in [-0.15, -0.1) is 0 Å². The zero-order valence-electron chi connectivity index (χ0n) is 8.86. The van der Waals surface area contributed by atoms with Gasteiger partial charge < -0.3 is 14.2 Å². The first-order chi connectivity index (χ1) is 7.31. The molecule has 0 fully saturated rings. The topological polar surface area (TPSA) is 44.8 Å². The smallest absolute Gasteiger partial charge is 0.293 e. The van der Waals surface area contributed by atoms with Crippen molar-refractivity contribution in [1.82, 2.24) is 0 Å². The van der Waals surface area contributed by atoms with Crippen molar-refractivity contribution in [3.63, 3.8) is 0 Å². The van der Waals surface area contributed by atoms with E-state index in [0.717, 1.165) is 5.56 Å². The molecule has 0 saturated heterocycles. The Kier molecular flexibility index (Phi) is 4.47. The Morgan fingerprint density at radius 1 is 1.20 bits per heavy atom. The molecule has 0 aliphatic heterocycles. The lowest BCUT2D eigenvalue weighted by atomic mass is 10.1. The summed E-state index contributed by atoms with van der Waals surface area (Å²) in [6, 6.07) is 5.61. The fraction of sp³-hybridized carbons (Fsp3) is 0.364. The Labute approximate surface area is 88.8 Å². The van der Waals surface area contributed by atoms with Gasteiger partial charge in [0.05, 0.1) is 20.8 Å². The summed E-state index contributed by atoms with van der Waals surface area (Å²) >= 11 is 0. The summed E-state index contributed by atoms with van der Waals surface area (Å²) in [5.41, 5.74) is 1.04. The molecule has 0 heterocycles. The number of hydrogen-bond donors (Lipinski definition) is 0. The highest BCUT2D eigenvalue weighted by Crippen LogP contribution is 2.27. The number of rotatable bonds is 6. The molecule has 0 atom stereocenters. The molecule has 82 valence electrons. The van der Waals surface area contributed by atoms with Crippen molar-refractivity contribution in [2.45, 2.75) is 6.42 Å². The van der Waals surface area contributed by atoms with E-state index in [0.29, 0.717) is 31.0 Å². The van der Waals surface area contributed by atoms with Crippen LogP contribution in [0, 0.1) is 0 Å². The lowest BCUT2D eigenvalue weighted by molar-refractivity contribution is -0.128. The molecule has 0 N–H and O–H groups in total. The van der Waals surface area contributed by atoms with Crippen molar-refractivity contribution in [3.8, 4) is 11.5 Å². The van der Waals surface area contributed by atoms with Crippen molar-refractivity contribution in [2.24, 2.45) is 0 Å². The third-order valence-corrected chi connectivity index (χ3v) is 2.02. The van der Waals surface area contributed by atoms with Gasteiger partial charge in [-0.2, -0.15) is 0 Å². The van der Waals surface area contributed by atoms with E-state index in [2.05, 4.69) is 4.74 Å². The maximum atomic E-state index is 9.95. The largest absolute Gasteiger partial charge is 0.493 e. The Balaban J connectivity index is 2.69. The normalized spacial score (nSPS) is 9.47. The highest BCUT2D eigenvalue weighted by Gasteiger charge is 2.04. The van der Waals surface area contributed by atoms with Crippen LogP contribution >= 0.6 is 0 Å². The molecule has 0 saturated carbocycles. The Morgan fingerprint density at radius 3 is 2.53 bits per heavy atom. The summed E-state index contributed by atoms with van der Waals surface area (Å²) in [6.45, 7) is 0.819. The minimum atomic E-state index is 0.374. The Morgan fingerprint density at radius 2 is 1.93 bits per heavy atom. The number of benzene rings is 1. The zero-order chi connectivity index (χ0) is 11.1. The van der Waals surface area contributed by atoms with E-state index in [1.54, 1.807) is 14.2 Å². The summed E-state index contributed by atoms with van der Waals surface area (Å²) in [5.74, 6) is 1.37. The lowest BCUT2D eigenvalue weighted by Crippen LogP contribution is -1.98. The first-order valence-corrected chi connectivity index (χ1v) is 4.58. The molecule has 4 nitrogen and oxygen atoms in total. The van der Waals surface area contributed by atoms with Gasteiger partial charge in [-0.3, -0.25) is 4.79 Å². The van der Waals surface area contributed by atoms with Crippen LogP contribution in [-0.4, -0.2) is 27.3 Å². The van der Waals surface area contributed by atoms with Gasteiger partial charge in [-0.25, -0.2) is 0 Å². The third-order valence-electron chi connectivity index (χ3n) is 2.02. The Bertz CT molecular complexity index is 322. The first kappa shape index (κ1) is 11.4. The second-order valence-corrected chi connectivity index (χ2v) is 2.91. The van der Waals surface area contributed by atoms with Gasteiger partial charge in [-0.1, -0.05) is 6.07 Å². The van der Waals surface area contributed by atoms with Crippen molar-refractivity contribution < 1.29 is 19.0 Å². The second kappa shape index (κ2) is 5.90. The molecule has 0 aliphatic rings. The summed E-state index contributed by atoms with van der Waals surface area (Å²) in [5, 5.41) is 0. The van der Waals surface area contributed by atoms with Crippen LogP contribution in [0.5, 0.6) is 11.5 Å². The average Bonchev–Trinajstić information content (AvgIpc) is 2.29. The minimum Gasteiger partial charge on any atom is -0.493 e. The average molecular weight is 210 g/mol. The van der Waals surface area contributed by atoms with Crippen LogP contribution in [0.25, 0.3) is 0 Å². The van der Waals surface area contributed by atoms with Crippen LogP contribution in [0.2, 0.25) is 0 Å². The lowest BCUT2D eigenvalue weighted by Gasteiger charge is -2.09. The monoisotopic (exact) mass is 210 g/mol. The number of carbonyl (C=O) groups is 1. The van der Waals surface area contributed by atoms with Crippen molar-refractivity contribution >= 4 is 6.47 Å². The molecule has 0 amide bonds. The molecule has 0 unspecified atom stereocenters. The van der Waals surface area contributed by atoms with Gasteiger partial charge in [0.25, 0.3) is 6.47 Å². The molecular formula is C11H14O4. The molecule has 15 heavy (non-hydrogen) atoms. The molecule has 0 radical (unpaired) electrons. The molecule has 1 rings (SSSR count). The quantitative estimate of drug-likeness (QED) is 0.526. The maximum Gasteiger partial charge on any atom is 0.293 e. The van der Waals surface area contributed by atoms with Crippen molar-refractivity contribution in [2.75, 3.05) is 20.8 Å². The summed E-state index contributed by atoms with van der Waals surface area (Å²) in [4.78, 5) is 9.95. The molecule has 0 spiro atoms. The second-order valence-electron chi connectivity index (χ2n) is 2.91. The molecule has 0 bridgehead atoms. The van der Waals surface area contributed by atoms with Crippen LogP contribution in [0.15, 0.2) is 18.2 Å². The van der Waals surface area contributed by atoms with E-state index in [9.17, 15) is 4.79 Å². The maximum absolute atomic E-state index is 9.95. The highest BCUT2D eigenvalue weighted by molar-refractivity contribution is 5.43. The summed E-state index contributed by atoms with van der Waals surface area (Å²) in [7, 11) is 3.18. The van der Waals surface area contributed by atoms with Crippen molar-refractivity contribution in [3.05, 3.63) is 23.8 Å². The fourth-order valence-corrected chi connectivity index (χ4v) is 1.26. The molecule has 0 aliphatic carbocycles. The molecule has 4 heteroatoms. The molecule has 0 aromatic heterocycles. The predicted octanol–water partition coefficient (Wildman–Crippen LogP) is 1.42. The number of carbonyl (C=O) groups excluding carboxylic acids is 1.